The lowest BCUT2D eigenvalue weighted by molar-refractivity contribution is -0.122. The van der Waals surface area contributed by atoms with E-state index in [1.807, 2.05) is 6.92 Å². The predicted molar refractivity (Wildman–Crippen MR) is 96.8 cm³/mol. The van der Waals surface area contributed by atoms with Crippen molar-refractivity contribution < 1.29 is 27.7 Å². The average molecular weight is 407 g/mol. The first-order chi connectivity index (χ1) is 12.1. The highest BCUT2D eigenvalue weighted by molar-refractivity contribution is 7.86. The quantitative estimate of drug-likeness (QED) is 0.339. The van der Waals surface area contributed by atoms with Crippen LogP contribution in [-0.4, -0.2) is 42.4 Å². The molecule has 0 saturated carbocycles. The van der Waals surface area contributed by atoms with E-state index in [0.29, 0.717) is 6.54 Å². The monoisotopic (exact) mass is 406 g/mol. The SMILES string of the molecule is CCCCNC(=O)[C@@H](N)CCC(=O)Cc1cc(Cl)cc(S(=O)(=O)O)c1O. The van der Waals surface area contributed by atoms with E-state index in [4.69, 9.17) is 21.9 Å². The molecule has 146 valence electrons. The number of carbonyl (C=O) groups is 2. The second kappa shape index (κ2) is 9.86. The van der Waals surface area contributed by atoms with Gasteiger partial charge in [-0.05, 0) is 25.0 Å². The Labute approximate surface area is 157 Å². The third-order valence-electron chi connectivity index (χ3n) is 3.68. The van der Waals surface area contributed by atoms with Crippen molar-refractivity contribution in [3.05, 3.63) is 22.7 Å². The van der Waals surface area contributed by atoms with E-state index in [-0.39, 0.29) is 41.5 Å². The maximum Gasteiger partial charge on any atom is 0.298 e. The zero-order valence-electron chi connectivity index (χ0n) is 14.4. The van der Waals surface area contributed by atoms with E-state index in [2.05, 4.69) is 5.32 Å². The van der Waals surface area contributed by atoms with Crippen LogP contribution in [0, 0.1) is 0 Å². The molecule has 0 aliphatic carbocycles. The van der Waals surface area contributed by atoms with Crippen molar-refractivity contribution in [1.29, 1.82) is 0 Å². The molecule has 0 aliphatic heterocycles. The van der Waals surface area contributed by atoms with Gasteiger partial charge in [0.05, 0.1) is 6.04 Å². The van der Waals surface area contributed by atoms with Crippen LogP contribution in [0.2, 0.25) is 5.02 Å². The highest BCUT2D eigenvalue weighted by Gasteiger charge is 2.21. The second-order valence-corrected chi connectivity index (χ2v) is 7.72. The number of carbonyl (C=O) groups excluding carboxylic acids is 2. The summed E-state index contributed by atoms with van der Waals surface area (Å²) in [5, 5.41) is 12.6. The van der Waals surface area contributed by atoms with Crippen LogP contribution in [0.1, 0.15) is 38.2 Å². The Kier molecular flexibility index (Phi) is 8.48. The molecule has 10 heteroatoms. The number of hydrogen-bond donors (Lipinski definition) is 4. The third kappa shape index (κ3) is 6.91. The number of aromatic hydroxyl groups is 1. The van der Waals surface area contributed by atoms with Crippen molar-refractivity contribution >= 4 is 33.4 Å². The molecule has 0 aliphatic rings. The van der Waals surface area contributed by atoms with Gasteiger partial charge in [-0.2, -0.15) is 8.42 Å². The van der Waals surface area contributed by atoms with Crippen LogP contribution in [0.15, 0.2) is 17.0 Å². The molecule has 0 bridgehead atoms. The Balaban J connectivity index is 2.69. The Morgan fingerprint density at radius 3 is 2.58 bits per heavy atom. The van der Waals surface area contributed by atoms with Gasteiger partial charge in [-0.3, -0.25) is 14.1 Å². The Morgan fingerprint density at radius 2 is 2.00 bits per heavy atom. The Morgan fingerprint density at radius 1 is 1.35 bits per heavy atom. The Bertz CT molecular complexity index is 766. The number of ketones is 1. The molecule has 0 fully saturated rings. The molecule has 0 unspecified atom stereocenters. The van der Waals surface area contributed by atoms with Crippen molar-refractivity contribution in [2.45, 2.75) is 50.0 Å². The van der Waals surface area contributed by atoms with Gasteiger partial charge in [-0.15, -0.1) is 0 Å². The van der Waals surface area contributed by atoms with Gasteiger partial charge < -0.3 is 16.2 Å². The fourth-order valence-electron chi connectivity index (χ4n) is 2.23. The minimum atomic E-state index is -4.68. The summed E-state index contributed by atoms with van der Waals surface area (Å²) < 4.78 is 31.6. The standard InChI is InChI=1S/C16H23ClN2O6S/c1-2-3-6-19-16(22)13(18)5-4-12(20)8-10-7-11(17)9-14(15(10)21)26(23,24)25/h7,9,13,21H,2-6,8,18H2,1H3,(H,19,22)(H,23,24,25)/t13-/m0/s1. The number of unbranched alkanes of at least 4 members (excludes halogenated alkanes) is 1. The molecule has 1 rings (SSSR count). The van der Waals surface area contributed by atoms with Crippen LogP contribution < -0.4 is 11.1 Å². The van der Waals surface area contributed by atoms with Gasteiger partial charge in [-0.1, -0.05) is 24.9 Å². The van der Waals surface area contributed by atoms with Crippen molar-refractivity contribution in [1.82, 2.24) is 5.32 Å². The number of halogens is 1. The first-order valence-electron chi connectivity index (χ1n) is 8.10. The number of phenols is 1. The molecule has 8 nitrogen and oxygen atoms in total. The van der Waals surface area contributed by atoms with Gasteiger partial charge in [0.2, 0.25) is 5.91 Å². The smallest absolute Gasteiger partial charge is 0.298 e. The highest BCUT2D eigenvalue weighted by Crippen LogP contribution is 2.31. The highest BCUT2D eigenvalue weighted by atomic mass is 35.5. The number of benzene rings is 1. The van der Waals surface area contributed by atoms with Crippen molar-refractivity contribution in [3.8, 4) is 5.75 Å². The summed E-state index contributed by atoms with van der Waals surface area (Å²) in [5.41, 5.74) is 5.70. The molecule has 0 spiro atoms. The fraction of sp³-hybridized carbons (Fsp3) is 0.500. The minimum Gasteiger partial charge on any atom is -0.506 e. The first-order valence-corrected chi connectivity index (χ1v) is 9.92. The van der Waals surface area contributed by atoms with E-state index >= 15 is 0 Å². The molecule has 1 aromatic rings. The lowest BCUT2D eigenvalue weighted by Crippen LogP contribution is -2.41. The van der Waals surface area contributed by atoms with E-state index in [1.54, 1.807) is 0 Å². The van der Waals surface area contributed by atoms with Crippen LogP contribution in [0.4, 0.5) is 0 Å². The molecule has 0 heterocycles. The van der Waals surface area contributed by atoms with Gasteiger partial charge in [0.15, 0.2) is 0 Å². The summed E-state index contributed by atoms with van der Waals surface area (Å²) in [4.78, 5) is 23.1. The summed E-state index contributed by atoms with van der Waals surface area (Å²) in [6, 6.07) is 1.29. The molecule has 1 aromatic carbocycles. The Hall–Kier alpha value is -1.68. The van der Waals surface area contributed by atoms with Crippen LogP contribution in [-0.2, 0) is 26.1 Å². The number of amides is 1. The molecule has 1 atom stereocenters. The fourth-order valence-corrected chi connectivity index (χ4v) is 3.18. The van der Waals surface area contributed by atoms with Gasteiger partial charge in [-0.25, -0.2) is 0 Å². The minimum absolute atomic E-state index is 0.0314. The van der Waals surface area contributed by atoms with E-state index in [0.717, 1.165) is 18.9 Å². The summed E-state index contributed by atoms with van der Waals surface area (Å²) in [7, 11) is -4.68. The number of Topliss-reactive ketones (excluding diaryl/α,β-unsaturated/α-hetero) is 1. The topological polar surface area (TPSA) is 147 Å². The number of nitrogens with one attached hydrogen (secondary N) is 1. The van der Waals surface area contributed by atoms with Gasteiger partial charge >= 0.3 is 0 Å². The maximum absolute atomic E-state index is 12.1. The second-order valence-electron chi connectivity index (χ2n) is 5.89. The number of phenolic OH excluding ortho intramolecular Hbond substituents is 1. The molecule has 1 amide bonds. The molecular formula is C16H23ClN2O6S. The van der Waals surface area contributed by atoms with Crippen molar-refractivity contribution in [2.75, 3.05) is 6.54 Å². The lowest BCUT2D eigenvalue weighted by atomic mass is 10.0. The number of hydrogen-bond acceptors (Lipinski definition) is 6. The number of rotatable bonds is 10. The first kappa shape index (κ1) is 22.4. The van der Waals surface area contributed by atoms with Crippen LogP contribution in [0.25, 0.3) is 0 Å². The summed E-state index contributed by atoms with van der Waals surface area (Å²) in [5.74, 6) is -1.43. The van der Waals surface area contributed by atoms with Crippen molar-refractivity contribution in [3.63, 3.8) is 0 Å². The molecule has 0 aromatic heterocycles. The van der Waals surface area contributed by atoms with Crippen LogP contribution in [0.5, 0.6) is 5.75 Å². The predicted octanol–water partition coefficient (Wildman–Crippen LogP) is 1.43. The number of nitrogens with two attached hydrogens (primary N) is 1. The molecule has 0 saturated heterocycles. The zero-order chi connectivity index (χ0) is 19.9. The maximum atomic E-state index is 12.1. The largest absolute Gasteiger partial charge is 0.506 e. The van der Waals surface area contributed by atoms with Gasteiger partial charge in [0.25, 0.3) is 10.1 Å². The molecular weight excluding hydrogens is 384 g/mol. The zero-order valence-corrected chi connectivity index (χ0v) is 15.9. The lowest BCUT2D eigenvalue weighted by Gasteiger charge is -2.12. The molecule has 5 N–H and O–H groups in total. The van der Waals surface area contributed by atoms with E-state index in [1.165, 1.54) is 6.07 Å². The van der Waals surface area contributed by atoms with Crippen LogP contribution >= 0.6 is 11.6 Å². The summed E-state index contributed by atoms with van der Waals surface area (Å²) >= 11 is 5.77. The van der Waals surface area contributed by atoms with E-state index < -0.39 is 26.8 Å². The van der Waals surface area contributed by atoms with E-state index in [9.17, 15) is 23.1 Å². The normalized spacial score (nSPS) is 12.6. The van der Waals surface area contributed by atoms with Crippen molar-refractivity contribution in [2.24, 2.45) is 5.73 Å². The van der Waals surface area contributed by atoms with Crippen LogP contribution in [0.3, 0.4) is 0 Å². The van der Waals surface area contributed by atoms with Gasteiger partial charge in [0, 0.05) is 30.0 Å². The summed E-state index contributed by atoms with van der Waals surface area (Å²) in [6.45, 7) is 2.51. The average Bonchev–Trinajstić information content (AvgIpc) is 2.54. The van der Waals surface area contributed by atoms with Gasteiger partial charge in [0.1, 0.15) is 16.4 Å². The summed E-state index contributed by atoms with van der Waals surface area (Å²) in [6.07, 6.45) is 1.54. The molecule has 26 heavy (non-hydrogen) atoms. The molecule has 0 radical (unpaired) electrons. The third-order valence-corrected chi connectivity index (χ3v) is 4.77.